The van der Waals surface area contributed by atoms with Crippen LogP contribution in [0.4, 0.5) is 10.1 Å². The van der Waals surface area contributed by atoms with Crippen LogP contribution in [-0.4, -0.2) is 37.9 Å². The molecule has 3 atom stereocenters. The Kier molecular flexibility index (Phi) is 7.29. The van der Waals surface area contributed by atoms with Gasteiger partial charge in [-0.2, -0.15) is 4.31 Å². The van der Waals surface area contributed by atoms with Gasteiger partial charge in [0.2, 0.25) is 10.0 Å². The maximum atomic E-state index is 14.7. The number of hydrogen-bond donors (Lipinski definition) is 1. The van der Waals surface area contributed by atoms with Crippen LogP contribution in [0, 0.1) is 24.1 Å². The van der Waals surface area contributed by atoms with Gasteiger partial charge in [0.15, 0.2) is 0 Å². The largest absolute Gasteiger partial charge is 0.463 e. The highest BCUT2D eigenvalue weighted by Crippen LogP contribution is 2.49. The average molecular weight is 551 g/mol. The number of carbonyl (C=O) groups is 1. The second kappa shape index (κ2) is 10.4. The van der Waals surface area contributed by atoms with Crippen molar-refractivity contribution >= 4 is 21.7 Å². The molecular formula is C31H35FN2O4S. The number of ether oxygens (including phenoxy) is 1. The maximum absolute atomic E-state index is 14.7. The minimum absolute atomic E-state index is 0.129. The van der Waals surface area contributed by atoms with E-state index in [1.165, 1.54) is 6.07 Å². The van der Waals surface area contributed by atoms with Gasteiger partial charge in [-0.1, -0.05) is 62.7 Å². The summed E-state index contributed by atoms with van der Waals surface area (Å²) < 4.78 is 49.8. The molecule has 0 aromatic heterocycles. The number of anilines is 1. The van der Waals surface area contributed by atoms with Crippen LogP contribution in [0.2, 0.25) is 0 Å². The van der Waals surface area contributed by atoms with Gasteiger partial charge in [0.05, 0.1) is 23.4 Å². The molecule has 0 bridgehead atoms. The fourth-order valence-electron chi connectivity index (χ4n) is 5.65. The fourth-order valence-corrected chi connectivity index (χ4v) is 7.32. The van der Waals surface area contributed by atoms with E-state index < -0.39 is 16.1 Å². The van der Waals surface area contributed by atoms with E-state index >= 15 is 0 Å². The molecular weight excluding hydrogens is 515 g/mol. The number of nitrogens with one attached hydrogen (secondary N) is 1. The normalized spacial score (nSPS) is 21.1. The summed E-state index contributed by atoms with van der Waals surface area (Å²) in [4.78, 5) is 12.8. The Morgan fingerprint density at radius 3 is 2.49 bits per heavy atom. The summed E-state index contributed by atoms with van der Waals surface area (Å²) in [6, 6.07) is 18.3. The van der Waals surface area contributed by atoms with Gasteiger partial charge >= 0.3 is 5.97 Å². The van der Waals surface area contributed by atoms with Crippen molar-refractivity contribution in [1.29, 1.82) is 0 Å². The molecule has 0 spiro atoms. The maximum Gasteiger partial charge on any atom is 0.306 e. The van der Waals surface area contributed by atoms with Gasteiger partial charge in [-0.15, -0.1) is 0 Å². The van der Waals surface area contributed by atoms with Gasteiger partial charge in [-0.25, -0.2) is 12.8 Å². The lowest BCUT2D eigenvalue weighted by atomic mass is 9.82. The van der Waals surface area contributed by atoms with Crippen LogP contribution in [-0.2, 0) is 19.6 Å². The number of halogens is 1. The molecule has 2 aliphatic heterocycles. The van der Waals surface area contributed by atoms with E-state index in [2.05, 4.69) is 5.32 Å². The van der Waals surface area contributed by atoms with E-state index in [-0.39, 0.29) is 40.7 Å². The van der Waals surface area contributed by atoms with E-state index in [9.17, 15) is 17.6 Å². The number of nitrogens with zero attached hydrogens (tertiary/aromatic N) is 1. The second-order valence-corrected chi connectivity index (χ2v) is 13.7. The van der Waals surface area contributed by atoms with Crippen LogP contribution in [0.15, 0.2) is 71.6 Å². The Morgan fingerprint density at radius 2 is 1.79 bits per heavy atom. The van der Waals surface area contributed by atoms with Gasteiger partial charge in [0, 0.05) is 23.7 Å². The summed E-state index contributed by atoms with van der Waals surface area (Å²) in [5.41, 5.74) is 3.49. The fraction of sp³-hybridized carbons (Fsp3) is 0.387. The van der Waals surface area contributed by atoms with Gasteiger partial charge in [0.25, 0.3) is 0 Å². The number of esters is 1. The van der Waals surface area contributed by atoms with Gasteiger partial charge < -0.3 is 10.1 Å². The summed E-state index contributed by atoms with van der Waals surface area (Å²) in [5.74, 6) is -0.739. The third kappa shape index (κ3) is 5.58. The van der Waals surface area contributed by atoms with Crippen LogP contribution in [0.5, 0.6) is 0 Å². The van der Waals surface area contributed by atoms with Gasteiger partial charge in [-0.3, -0.25) is 4.79 Å². The average Bonchev–Trinajstić information content (AvgIpc) is 3.33. The molecule has 206 valence electrons. The number of benzene rings is 3. The second-order valence-electron chi connectivity index (χ2n) is 11.8. The predicted molar refractivity (Wildman–Crippen MR) is 150 cm³/mol. The third-order valence-corrected chi connectivity index (χ3v) is 9.43. The molecule has 1 unspecified atom stereocenters. The monoisotopic (exact) mass is 550 g/mol. The molecule has 1 N–H and O–H groups in total. The first-order valence-corrected chi connectivity index (χ1v) is 14.8. The van der Waals surface area contributed by atoms with E-state index in [4.69, 9.17) is 4.74 Å². The molecule has 3 aromatic carbocycles. The molecule has 2 aliphatic rings. The van der Waals surface area contributed by atoms with Gasteiger partial charge in [-0.05, 0) is 60.2 Å². The molecule has 2 heterocycles. The molecule has 5 rings (SSSR count). The summed E-state index contributed by atoms with van der Waals surface area (Å²) in [6.45, 7) is 8.35. The van der Waals surface area contributed by atoms with E-state index in [1.807, 2.05) is 45.9 Å². The summed E-state index contributed by atoms with van der Waals surface area (Å²) in [5, 5.41) is 3.51. The molecule has 0 radical (unpaired) electrons. The van der Waals surface area contributed by atoms with Crippen molar-refractivity contribution in [2.24, 2.45) is 11.3 Å². The molecule has 6 nitrogen and oxygen atoms in total. The van der Waals surface area contributed by atoms with Crippen LogP contribution in [0.3, 0.4) is 0 Å². The highest BCUT2D eigenvalue weighted by molar-refractivity contribution is 7.89. The van der Waals surface area contributed by atoms with Gasteiger partial charge in [0.1, 0.15) is 12.4 Å². The van der Waals surface area contributed by atoms with Crippen molar-refractivity contribution in [3.63, 3.8) is 0 Å². The van der Waals surface area contributed by atoms with E-state index in [0.717, 1.165) is 16.8 Å². The van der Waals surface area contributed by atoms with Crippen LogP contribution in [0.1, 0.15) is 50.8 Å². The first-order chi connectivity index (χ1) is 18.4. The molecule has 39 heavy (non-hydrogen) atoms. The zero-order valence-corrected chi connectivity index (χ0v) is 23.6. The van der Waals surface area contributed by atoms with E-state index in [1.54, 1.807) is 46.8 Å². The number of carbonyl (C=O) groups excluding carboxylic acids is 1. The summed E-state index contributed by atoms with van der Waals surface area (Å²) in [7, 11) is -3.81. The molecule has 3 aromatic rings. The molecule has 1 fully saturated rings. The minimum Gasteiger partial charge on any atom is -0.463 e. The summed E-state index contributed by atoms with van der Waals surface area (Å²) >= 11 is 0. The predicted octanol–water partition coefficient (Wildman–Crippen LogP) is 6.33. The Balaban J connectivity index is 1.53. The number of sulfonamides is 1. The van der Waals surface area contributed by atoms with Crippen molar-refractivity contribution < 1.29 is 22.3 Å². The van der Waals surface area contributed by atoms with Crippen molar-refractivity contribution in [3.8, 4) is 11.1 Å². The first-order valence-electron chi connectivity index (χ1n) is 13.3. The number of hydrogen-bond acceptors (Lipinski definition) is 5. The molecule has 8 heteroatoms. The zero-order valence-electron chi connectivity index (χ0n) is 22.8. The lowest BCUT2D eigenvalue weighted by molar-refractivity contribution is -0.146. The summed E-state index contributed by atoms with van der Waals surface area (Å²) in [6.07, 6.45) is 0.901. The van der Waals surface area contributed by atoms with Crippen molar-refractivity contribution in [2.75, 3.05) is 18.5 Å². The Morgan fingerprint density at radius 1 is 1.08 bits per heavy atom. The molecule has 0 aliphatic carbocycles. The quantitative estimate of drug-likeness (QED) is 0.363. The van der Waals surface area contributed by atoms with Crippen LogP contribution < -0.4 is 5.32 Å². The van der Waals surface area contributed by atoms with Crippen molar-refractivity contribution in [2.45, 2.75) is 57.5 Å². The number of rotatable bonds is 6. The SMILES string of the molecule is Cc1ccc(S(=O)(=O)N2CC[C@H]3C2c2cc(-c4ccccc4F)ccc2N[C@H]3COC(=O)CC(C)(C)C)cc1. The van der Waals surface area contributed by atoms with E-state index in [0.29, 0.717) is 30.5 Å². The highest BCUT2D eigenvalue weighted by atomic mass is 32.2. The van der Waals surface area contributed by atoms with Crippen molar-refractivity contribution in [3.05, 3.63) is 83.7 Å². The van der Waals surface area contributed by atoms with Crippen LogP contribution >= 0.6 is 0 Å². The lowest BCUT2D eigenvalue weighted by Crippen LogP contribution is -2.43. The standard InChI is InChI=1S/C31H35FN2O4S/c1-20-9-12-22(13-10-20)39(36,37)34-16-15-24-28(19-38-29(35)18-31(2,3)4)33-27-14-11-21(17-25(27)30(24)34)23-7-5-6-8-26(23)32/h5-14,17,24,28,30,33H,15-16,18-19H2,1-4H3/t24-,28+,30?/m1/s1. The zero-order chi connectivity index (χ0) is 27.9. The highest BCUT2D eigenvalue weighted by Gasteiger charge is 2.49. The number of aryl methyl sites for hydroxylation is 1. The molecule has 0 amide bonds. The number of fused-ring (bicyclic) bond motifs is 3. The Labute approximate surface area is 230 Å². The third-order valence-electron chi connectivity index (χ3n) is 7.54. The minimum atomic E-state index is -3.81. The van der Waals surface area contributed by atoms with Crippen molar-refractivity contribution in [1.82, 2.24) is 4.31 Å². The Bertz CT molecular complexity index is 1480. The smallest absolute Gasteiger partial charge is 0.306 e. The Hall–Kier alpha value is -3.23. The topological polar surface area (TPSA) is 75.7 Å². The van der Waals surface area contributed by atoms with Crippen LogP contribution in [0.25, 0.3) is 11.1 Å². The molecule has 1 saturated heterocycles. The first kappa shape index (κ1) is 27.3. The molecule has 0 saturated carbocycles. The lowest BCUT2D eigenvalue weighted by Gasteiger charge is -2.39.